The first-order valence-electron chi connectivity index (χ1n) is 7.99. The lowest BCUT2D eigenvalue weighted by Gasteiger charge is -2.19. The van der Waals surface area contributed by atoms with E-state index in [1.54, 1.807) is 24.5 Å². The molecule has 2 aromatic rings. The number of aromatic nitrogens is 1. The lowest BCUT2D eigenvalue weighted by molar-refractivity contribution is 0.187. The Balaban J connectivity index is 2.04. The second kappa shape index (κ2) is 9.39. The summed E-state index contributed by atoms with van der Waals surface area (Å²) in [6.45, 7) is 5.12. The second-order valence-corrected chi connectivity index (χ2v) is 6.26. The molecule has 5 nitrogen and oxygen atoms in total. The molecule has 6 heteroatoms. The number of aliphatic hydroxyl groups excluding tert-OH is 1. The van der Waals surface area contributed by atoms with Crippen molar-refractivity contribution < 1.29 is 5.11 Å². The van der Waals surface area contributed by atoms with Gasteiger partial charge in [0, 0.05) is 23.4 Å². The molecular weight excluding hydrogens is 368 g/mol. The summed E-state index contributed by atoms with van der Waals surface area (Å²) in [4.78, 5) is 8.45. The van der Waals surface area contributed by atoms with Crippen molar-refractivity contribution >= 4 is 21.9 Å². The van der Waals surface area contributed by atoms with Crippen LogP contribution in [-0.4, -0.2) is 29.1 Å². The second-order valence-electron chi connectivity index (χ2n) is 5.40. The van der Waals surface area contributed by atoms with E-state index in [0.29, 0.717) is 5.96 Å². The molecule has 0 radical (unpaired) electrons. The summed E-state index contributed by atoms with van der Waals surface area (Å²) in [6.07, 6.45) is 2.68. The van der Waals surface area contributed by atoms with Gasteiger partial charge in [0.05, 0.1) is 18.7 Å². The highest BCUT2D eigenvalue weighted by molar-refractivity contribution is 9.10. The van der Waals surface area contributed by atoms with Gasteiger partial charge in [-0.3, -0.25) is 9.98 Å². The van der Waals surface area contributed by atoms with E-state index >= 15 is 0 Å². The molecule has 2 atom stereocenters. The smallest absolute Gasteiger partial charge is 0.191 e. The van der Waals surface area contributed by atoms with Gasteiger partial charge in [0.1, 0.15) is 0 Å². The Morgan fingerprint density at radius 2 is 1.96 bits per heavy atom. The largest absolute Gasteiger partial charge is 0.386 e. The molecule has 0 fully saturated rings. The zero-order chi connectivity index (χ0) is 17.4. The molecule has 2 unspecified atom stereocenters. The Morgan fingerprint density at radius 1 is 1.25 bits per heavy atom. The molecule has 128 valence electrons. The number of halogens is 1. The third-order valence-electron chi connectivity index (χ3n) is 3.58. The zero-order valence-corrected chi connectivity index (χ0v) is 15.5. The molecule has 1 aromatic heterocycles. The fourth-order valence-electron chi connectivity index (χ4n) is 2.30. The lowest BCUT2D eigenvalue weighted by Crippen LogP contribution is -2.39. The minimum absolute atomic E-state index is 0.0800. The van der Waals surface area contributed by atoms with Gasteiger partial charge >= 0.3 is 0 Å². The topological polar surface area (TPSA) is 69.5 Å². The fraction of sp³-hybridized carbons (Fsp3) is 0.333. The van der Waals surface area contributed by atoms with Crippen molar-refractivity contribution in [3.63, 3.8) is 0 Å². The number of guanidine groups is 1. The molecule has 0 aliphatic rings. The van der Waals surface area contributed by atoms with E-state index < -0.39 is 6.10 Å². The Bertz CT molecular complexity index is 663. The quantitative estimate of drug-likeness (QED) is 0.523. The van der Waals surface area contributed by atoms with Crippen LogP contribution in [0, 0.1) is 0 Å². The molecule has 1 aromatic carbocycles. The van der Waals surface area contributed by atoms with Gasteiger partial charge in [-0.2, -0.15) is 0 Å². The molecule has 0 aliphatic carbocycles. The average molecular weight is 391 g/mol. The molecule has 0 spiro atoms. The van der Waals surface area contributed by atoms with Gasteiger partial charge < -0.3 is 15.7 Å². The van der Waals surface area contributed by atoms with E-state index in [1.807, 2.05) is 25.1 Å². The minimum atomic E-state index is -0.651. The number of aliphatic hydroxyl groups is 1. The van der Waals surface area contributed by atoms with E-state index in [0.717, 1.165) is 22.1 Å². The number of nitrogens with zero attached hydrogens (tertiary/aromatic N) is 2. The van der Waals surface area contributed by atoms with Crippen molar-refractivity contribution in [3.8, 4) is 0 Å². The Morgan fingerprint density at radius 3 is 2.62 bits per heavy atom. The van der Waals surface area contributed by atoms with Crippen LogP contribution in [0.1, 0.15) is 37.1 Å². The van der Waals surface area contributed by atoms with Crippen molar-refractivity contribution in [1.82, 2.24) is 15.6 Å². The summed E-state index contributed by atoms with van der Waals surface area (Å²) in [6, 6.07) is 11.8. The first-order valence-corrected chi connectivity index (χ1v) is 8.78. The number of pyridine rings is 1. The standard InChI is InChI=1S/C18H23BrN4O/c1-3-21-18(22-12-17(24)14-8-10-20-11-9-14)23-13(2)15-6-4-5-7-16(15)19/h4-11,13,17,24H,3,12H2,1-2H3,(H2,21,22,23). The number of nitrogens with one attached hydrogen (secondary N) is 2. The molecule has 0 amide bonds. The lowest BCUT2D eigenvalue weighted by atomic mass is 10.1. The molecule has 24 heavy (non-hydrogen) atoms. The van der Waals surface area contributed by atoms with Gasteiger partial charge in [-0.05, 0) is 43.2 Å². The number of aliphatic imine (C=N–C) groups is 1. The van der Waals surface area contributed by atoms with E-state index in [1.165, 1.54) is 0 Å². The molecule has 0 saturated heterocycles. The normalized spacial score (nSPS) is 14.1. The van der Waals surface area contributed by atoms with E-state index in [4.69, 9.17) is 0 Å². The van der Waals surface area contributed by atoms with Crippen LogP contribution >= 0.6 is 15.9 Å². The summed E-state index contributed by atoms with van der Waals surface area (Å²) >= 11 is 3.57. The first-order chi connectivity index (χ1) is 11.6. The number of benzene rings is 1. The van der Waals surface area contributed by atoms with Crippen LogP contribution in [0.25, 0.3) is 0 Å². The summed E-state index contributed by atoms with van der Waals surface area (Å²) < 4.78 is 1.05. The van der Waals surface area contributed by atoms with Gasteiger partial charge in [-0.15, -0.1) is 0 Å². The predicted molar refractivity (Wildman–Crippen MR) is 101 cm³/mol. The van der Waals surface area contributed by atoms with Gasteiger partial charge in [0.2, 0.25) is 0 Å². The maximum Gasteiger partial charge on any atom is 0.191 e. The van der Waals surface area contributed by atoms with Gasteiger partial charge in [-0.25, -0.2) is 0 Å². The molecule has 2 rings (SSSR count). The number of rotatable bonds is 6. The maximum absolute atomic E-state index is 10.2. The Kier molecular flexibility index (Phi) is 7.21. The summed E-state index contributed by atoms with van der Waals surface area (Å²) in [7, 11) is 0. The highest BCUT2D eigenvalue weighted by atomic mass is 79.9. The van der Waals surface area contributed by atoms with Crippen molar-refractivity contribution in [3.05, 3.63) is 64.4 Å². The maximum atomic E-state index is 10.2. The molecule has 0 bridgehead atoms. The van der Waals surface area contributed by atoms with Crippen molar-refractivity contribution in [1.29, 1.82) is 0 Å². The average Bonchev–Trinajstić information content (AvgIpc) is 2.60. The summed E-state index contributed by atoms with van der Waals surface area (Å²) in [5.74, 6) is 0.675. The van der Waals surface area contributed by atoms with Crippen LogP contribution in [0.3, 0.4) is 0 Å². The Hall–Kier alpha value is -1.92. The van der Waals surface area contributed by atoms with Crippen molar-refractivity contribution in [2.75, 3.05) is 13.1 Å². The summed E-state index contributed by atoms with van der Waals surface area (Å²) in [5.41, 5.74) is 1.96. The molecule has 1 heterocycles. The van der Waals surface area contributed by atoms with E-state index in [-0.39, 0.29) is 12.6 Å². The van der Waals surface area contributed by atoms with Crippen molar-refractivity contribution in [2.45, 2.75) is 26.0 Å². The molecule has 0 saturated carbocycles. The van der Waals surface area contributed by atoms with Gasteiger partial charge in [-0.1, -0.05) is 34.1 Å². The van der Waals surface area contributed by atoms with E-state index in [2.05, 4.69) is 49.5 Å². The highest BCUT2D eigenvalue weighted by Crippen LogP contribution is 2.22. The predicted octanol–water partition coefficient (Wildman–Crippen LogP) is 3.19. The number of hydrogen-bond donors (Lipinski definition) is 3. The Labute approximate surface area is 151 Å². The van der Waals surface area contributed by atoms with Crippen LogP contribution in [0.5, 0.6) is 0 Å². The van der Waals surface area contributed by atoms with E-state index in [9.17, 15) is 5.11 Å². The fourth-order valence-corrected chi connectivity index (χ4v) is 2.93. The van der Waals surface area contributed by atoms with Crippen LogP contribution in [0.4, 0.5) is 0 Å². The monoisotopic (exact) mass is 390 g/mol. The SMILES string of the molecule is CCNC(=NCC(O)c1ccncc1)NC(C)c1ccccc1Br. The molecule has 0 aliphatic heterocycles. The molecular formula is C18H23BrN4O. The first kappa shape index (κ1) is 18.4. The van der Waals surface area contributed by atoms with Crippen LogP contribution in [0.2, 0.25) is 0 Å². The third-order valence-corrected chi connectivity index (χ3v) is 4.30. The third kappa shape index (κ3) is 5.32. The van der Waals surface area contributed by atoms with Crippen LogP contribution in [0.15, 0.2) is 58.3 Å². The van der Waals surface area contributed by atoms with Gasteiger partial charge in [0.15, 0.2) is 5.96 Å². The summed E-state index contributed by atoms with van der Waals surface area (Å²) in [5, 5.41) is 16.8. The highest BCUT2D eigenvalue weighted by Gasteiger charge is 2.12. The van der Waals surface area contributed by atoms with Crippen molar-refractivity contribution in [2.24, 2.45) is 4.99 Å². The number of hydrogen-bond acceptors (Lipinski definition) is 3. The van der Waals surface area contributed by atoms with Gasteiger partial charge in [0.25, 0.3) is 0 Å². The molecule has 3 N–H and O–H groups in total. The van der Waals surface area contributed by atoms with Crippen LogP contribution in [-0.2, 0) is 0 Å². The van der Waals surface area contributed by atoms with Crippen LogP contribution < -0.4 is 10.6 Å². The zero-order valence-electron chi connectivity index (χ0n) is 13.9. The minimum Gasteiger partial charge on any atom is -0.386 e.